The summed E-state index contributed by atoms with van der Waals surface area (Å²) in [5.41, 5.74) is 5.53. The molecule has 0 aromatic heterocycles. The Kier molecular flexibility index (Phi) is 4.98. The van der Waals surface area contributed by atoms with Crippen LogP contribution in [0.3, 0.4) is 0 Å². The molecule has 1 amide bonds. The Morgan fingerprint density at radius 2 is 1.92 bits per heavy atom. The smallest absolute Gasteiger partial charge is 0.286 e. The van der Waals surface area contributed by atoms with Crippen LogP contribution < -0.4 is 15.2 Å². The van der Waals surface area contributed by atoms with Crippen molar-refractivity contribution >= 4 is 11.6 Å². The van der Waals surface area contributed by atoms with Crippen LogP contribution >= 0.6 is 0 Å². The number of carbonyl (C=O) groups is 1. The van der Waals surface area contributed by atoms with E-state index in [1.54, 1.807) is 4.90 Å². The summed E-state index contributed by atoms with van der Waals surface area (Å²) in [5, 5.41) is 11.4. The van der Waals surface area contributed by atoms with Crippen LogP contribution in [0.15, 0.2) is 12.1 Å². The molecule has 0 radical (unpaired) electrons. The molecule has 1 fully saturated rings. The fraction of sp³-hybridized carbons (Fsp3) is 0.562. The minimum atomic E-state index is -0.587. The number of nitrogens with two attached hydrogens (primary N) is 1. The lowest BCUT2D eigenvalue weighted by molar-refractivity contribution is -0.385. The van der Waals surface area contributed by atoms with Gasteiger partial charge in [0.2, 0.25) is 0 Å². The molecule has 1 saturated heterocycles. The molecule has 1 aromatic rings. The summed E-state index contributed by atoms with van der Waals surface area (Å²) < 4.78 is 10.3. The topological polar surface area (TPSA) is 108 Å². The summed E-state index contributed by atoms with van der Waals surface area (Å²) in [5.74, 6) is 0.0868. The highest BCUT2D eigenvalue weighted by atomic mass is 16.6. The number of rotatable bonds is 4. The van der Waals surface area contributed by atoms with Crippen LogP contribution in [-0.2, 0) is 0 Å². The van der Waals surface area contributed by atoms with Crippen LogP contribution in [0.1, 0.15) is 30.6 Å². The van der Waals surface area contributed by atoms with Crippen LogP contribution in [0.5, 0.6) is 11.5 Å². The van der Waals surface area contributed by atoms with Crippen molar-refractivity contribution in [3.63, 3.8) is 0 Å². The number of likely N-dealkylation sites (tertiary alicyclic amines) is 1. The van der Waals surface area contributed by atoms with Gasteiger partial charge in [0.25, 0.3) is 11.6 Å². The van der Waals surface area contributed by atoms with Gasteiger partial charge in [-0.15, -0.1) is 0 Å². The summed E-state index contributed by atoms with van der Waals surface area (Å²) >= 11 is 0. The normalized spacial score (nSPS) is 19.7. The SMILES string of the molecule is COc1cc(C(=O)N2CCC(N)C(C)(C)C2)c([N+](=O)[O-])cc1OC. The maximum atomic E-state index is 12.9. The molecule has 0 spiro atoms. The van der Waals surface area contributed by atoms with E-state index in [0.717, 1.165) is 0 Å². The van der Waals surface area contributed by atoms with Gasteiger partial charge in [-0.2, -0.15) is 0 Å². The van der Waals surface area contributed by atoms with Crippen LogP contribution in [0.4, 0.5) is 5.69 Å². The molecule has 1 aliphatic rings. The molecule has 8 nitrogen and oxygen atoms in total. The average molecular weight is 337 g/mol. The number of carbonyl (C=O) groups excluding carboxylic acids is 1. The maximum Gasteiger partial charge on any atom is 0.286 e. The molecule has 0 bridgehead atoms. The van der Waals surface area contributed by atoms with Crippen molar-refractivity contribution in [2.45, 2.75) is 26.3 Å². The van der Waals surface area contributed by atoms with Gasteiger partial charge in [-0.1, -0.05) is 13.8 Å². The molecule has 0 aliphatic carbocycles. The summed E-state index contributed by atoms with van der Waals surface area (Å²) in [6.07, 6.45) is 0.653. The zero-order chi connectivity index (χ0) is 18.1. The van der Waals surface area contributed by atoms with Gasteiger partial charge in [-0.3, -0.25) is 14.9 Å². The van der Waals surface area contributed by atoms with Crippen molar-refractivity contribution in [3.05, 3.63) is 27.8 Å². The first-order chi connectivity index (χ1) is 11.2. The molecular weight excluding hydrogens is 314 g/mol. The number of amides is 1. The second-order valence-corrected chi connectivity index (χ2v) is 6.59. The molecule has 2 rings (SSSR count). The van der Waals surface area contributed by atoms with E-state index in [1.165, 1.54) is 26.4 Å². The number of methoxy groups -OCH3 is 2. The fourth-order valence-corrected chi connectivity index (χ4v) is 2.91. The number of benzene rings is 1. The Morgan fingerprint density at radius 1 is 1.33 bits per heavy atom. The molecule has 1 aromatic carbocycles. The Morgan fingerprint density at radius 3 is 2.42 bits per heavy atom. The van der Waals surface area contributed by atoms with E-state index in [1.807, 2.05) is 13.8 Å². The number of nitro benzene ring substituents is 1. The van der Waals surface area contributed by atoms with Gasteiger partial charge >= 0.3 is 0 Å². The molecule has 8 heteroatoms. The lowest BCUT2D eigenvalue weighted by Gasteiger charge is -2.42. The van der Waals surface area contributed by atoms with Gasteiger partial charge in [0, 0.05) is 25.2 Å². The number of piperidine rings is 1. The van der Waals surface area contributed by atoms with E-state index >= 15 is 0 Å². The monoisotopic (exact) mass is 337 g/mol. The van der Waals surface area contributed by atoms with Gasteiger partial charge in [0.05, 0.1) is 25.2 Å². The zero-order valence-corrected chi connectivity index (χ0v) is 14.4. The van der Waals surface area contributed by atoms with Crippen LogP contribution in [-0.4, -0.2) is 49.1 Å². The lowest BCUT2D eigenvalue weighted by atomic mass is 9.79. The highest BCUT2D eigenvalue weighted by Crippen LogP contribution is 2.36. The Labute approximate surface area is 140 Å². The molecule has 24 heavy (non-hydrogen) atoms. The minimum absolute atomic E-state index is 0.0103. The van der Waals surface area contributed by atoms with E-state index in [2.05, 4.69) is 0 Å². The third-order valence-corrected chi connectivity index (χ3v) is 4.53. The van der Waals surface area contributed by atoms with Crippen molar-refractivity contribution in [3.8, 4) is 11.5 Å². The molecule has 1 heterocycles. The molecular formula is C16H23N3O5. The summed E-state index contributed by atoms with van der Waals surface area (Å²) in [6.45, 7) is 4.88. The first-order valence-electron chi connectivity index (χ1n) is 7.66. The van der Waals surface area contributed by atoms with Gasteiger partial charge in [-0.05, 0) is 11.8 Å². The Balaban J connectivity index is 2.43. The molecule has 1 atom stereocenters. The van der Waals surface area contributed by atoms with Crippen molar-refractivity contribution in [1.82, 2.24) is 4.90 Å². The van der Waals surface area contributed by atoms with Gasteiger partial charge < -0.3 is 20.1 Å². The average Bonchev–Trinajstić information content (AvgIpc) is 2.55. The summed E-state index contributed by atoms with van der Waals surface area (Å²) in [6, 6.07) is 2.57. The standard InChI is InChI=1S/C16H23N3O5/c1-16(2)9-18(6-5-14(16)17)15(20)10-7-12(23-3)13(24-4)8-11(10)19(21)22/h7-8,14H,5-6,9,17H2,1-4H3. The Hall–Kier alpha value is -2.35. The van der Waals surface area contributed by atoms with Gasteiger partial charge in [0.1, 0.15) is 5.56 Å². The van der Waals surface area contributed by atoms with E-state index in [-0.39, 0.29) is 34.2 Å². The first-order valence-corrected chi connectivity index (χ1v) is 7.66. The molecule has 1 aliphatic heterocycles. The van der Waals surface area contributed by atoms with Crippen LogP contribution in [0, 0.1) is 15.5 Å². The predicted octanol–water partition coefficient (Wildman–Crippen LogP) is 1.81. The highest BCUT2D eigenvalue weighted by Gasteiger charge is 2.37. The molecule has 132 valence electrons. The van der Waals surface area contributed by atoms with E-state index in [9.17, 15) is 14.9 Å². The summed E-state index contributed by atoms with van der Waals surface area (Å²) in [4.78, 5) is 25.3. The largest absolute Gasteiger partial charge is 0.493 e. The molecule has 1 unspecified atom stereocenters. The summed E-state index contributed by atoms with van der Waals surface area (Å²) in [7, 11) is 2.80. The number of hydrogen-bond donors (Lipinski definition) is 1. The molecule has 2 N–H and O–H groups in total. The quantitative estimate of drug-likeness (QED) is 0.663. The lowest BCUT2D eigenvalue weighted by Crippen LogP contribution is -2.54. The third-order valence-electron chi connectivity index (χ3n) is 4.53. The minimum Gasteiger partial charge on any atom is -0.493 e. The first kappa shape index (κ1) is 18.0. The maximum absolute atomic E-state index is 12.9. The van der Waals surface area contributed by atoms with Crippen LogP contribution in [0.2, 0.25) is 0 Å². The van der Waals surface area contributed by atoms with Gasteiger partial charge in [0.15, 0.2) is 11.5 Å². The van der Waals surface area contributed by atoms with Crippen molar-refractivity contribution < 1.29 is 19.2 Å². The highest BCUT2D eigenvalue weighted by molar-refractivity contribution is 5.99. The molecule has 0 saturated carbocycles. The number of ether oxygens (including phenoxy) is 2. The number of nitro groups is 1. The van der Waals surface area contributed by atoms with E-state index in [4.69, 9.17) is 15.2 Å². The third kappa shape index (κ3) is 3.28. The second-order valence-electron chi connectivity index (χ2n) is 6.59. The number of hydrogen-bond acceptors (Lipinski definition) is 6. The van der Waals surface area contributed by atoms with Gasteiger partial charge in [-0.25, -0.2) is 0 Å². The van der Waals surface area contributed by atoms with Crippen molar-refractivity contribution in [2.75, 3.05) is 27.3 Å². The second kappa shape index (κ2) is 6.64. The fourth-order valence-electron chi connectivity index (χ4n) is 2.91. The zero-order valence-electron chi connectivity index (χ0n) is 14.4. The number of nitrogens with zero attached hydrogens (tertiary/aromatic N) is 2. The van der Waals surface area contributed by atoms with Crippen LogP contribution in [0.25, 0.3) is 0 Å². The van der Waals surface area contributed by atoms with Crippen molar-refractivity contribution in [1.29, 1.82) is 0 Å². The Bertz CT molecular complexity index is 659. The van der Waals surface area contributed by atoms with E-state index < -0.39 is 10.8 Å². The van der Waals surface area contributed by atoms with E-state index in [0.29, 0.717) is 19.5 Å². The predicted molar refractivity (Wildman–Crippen MR) is 88.5 cm³/mol. The van der Waals surface area contributed by atoms with Crippen molar-refractivity contribution in [2.24, 2.45) is 11.1 Å².